The summed E-state index contributed by atoms with van der Waals surface area (Å²) in [5, 5.41) is 0. The molecule has 0 bridgehead atoms. The molecule has 0 unspecified atom stereocenters. The van der Waals surface area contributed by atoms with Crippen molar-refractivity contribution in [2.24, 2.45) is 5.41 Å². The van der Waals surface area contributed by atoms with Crippen molar-refractivity contribution in [2.45, 2.75) is 47.0 Å². The molecule has 15 heavy (non-hydrogen) atoms. The largest absolute Gasteiger partial charge is 0.393 e. The van der Waals surface area contributed by atoms with Gasteiger partial charge in [-0.2, -0.15) is 0 Å². The lowest BCUT2D eigenvalue weighted by Gasteiger charge is -2.17. The molecule has 1 rings (SSSR count). The maximum Gasteiger partial charge on any atom is 0.314 e. The lowest BCUT2D eigenvalue weighted by Crippen LogP contribution is -2.03. The molecule has 0 radical (unpaired) electrons. The second-order valence-corrected chi connectivity index (χ2v) is 5.04. The van der Waals surface area contributed by atoms with Crippen LogP contribution in [-0.4, -0.2) is 11.9 Å². The number of cyclic esters (lactones) is 2. The third-order valence-electron chi connectivity index (χ3n) is 1.59. The zero-order valence-corrected chi connectivity index (χ0v) is 10.1. The highest BCUT2D eigenvalue weighted by Gasteiger charge is 2.19. The Balaban J connectivity index is 0.000000262. The van der Waals surface area contributed by atoms with E-state index in [1.807, 2.05) is 0 Å². The number of rotatable bonds is 1. The molecule has 0 atom stereocenters. The zero-order chi connectivity index (χ0) is 12.1. The zero-order valence-electron chi connectivity index (χ0n) is 10.1. The Hall–Kier alpha value is -1.12. The predicted molar refractivity (Wildman–Crippen MR) is 59.2 cm³/mol. The van der Waals surface area contributed by atoms with Crippen molar-refractivity contribution in [1.82, 2.24) is 0 Å². The number of carbonyl (C=O) groups excluding carboxylic acids is 2. The highest BCUT2D eigenvalue weighted by molar-refractivity contribution is 5.92. The summed E-state index contributed by atoms with van der Waals surface area (Å²) in [4.78, 5) is 20.0. The Morgan fingerprint density at radius 3 is 1.73 bits per heavy atom. The van der Waals surface area contributed by atoms with Crippen LogP contribution in [0.15, 0.2) is 12.2 Å². The molecule has 3 heteroatoms. The molecule has 3 nitrogen and oxygen atoms in total. The van der Waals surface area contributed by atoms with Crippen LogP contribution in [0.2, 0.25) is 0 Å². The molecule has 1 saturated heterocycles. The van der Waals surface area contributed by atoms with Crippen LogP contribution < -0.4 is 0 Å². The van der Waals surface area contributed by atoms with Crippen LogP contribution in [0.1, 0.15) is 47.0 Å². The van der Waals surface area contributed by atoms with Crippen LogP contribution in [0.5, 0.6) is 0 Å². The third-order valence-corrected chi connectivity index (χ3v) is 1.59. The number of ether oxygens (including phenoxy) is 1. The van der Waals surface area contributed by atoms with Gasteiger partial charge in [-0.05, 0) is 18.8 Å². The standard InChI is InChI=1S/C8H16.C4H4O3/c1-7(2)6-8(3,4)5;5-3-1-2-4(6)7-3/h1,6H2,2-5H3;1-2H2. The van der Waals surface area contributed by atoms with Crippen molar-refractivity contribution in [3.05, 3.63) is 12.2 Å². The smallest absolute Gasteiger partial charge is 0.314 e. The fourth-order valence-corrected chi connectivity index (χ4v) is 1.34. The van der Waals surface area contributed by atoms with Gasteiger partial charge in [0.05, 0.1) is 12.8 Å². The second kappa shape index (κ2) is 5.69. The number of carbonyl (C=O) groups is 2. The molecule has 1 aliphatic rings. The van der Waals surface area contributed by atoms with E-state index in [9.17, 15) is 9.59 Å². The van der Waals surface area contributed by atoms with Gasteiger partial charge in [0, 0.05) is 0 Å². The van der Waals surface area contributed by atoms with Crippen molar-refractivity contribution in [3.63, 3.8) is 0 Å². The first-order valence-corrected chi connectivity index (χ1v) is 5.08. The lowest BCUT2D eigenvalue weighted by molar-refractivity contribution is -0.151. The summed E-state index contributed by atoms with van der Waals surface area (Å²) in [6, 6.07) is 0. The first-order chi connectivity index (χ1) is 6.70. The van der Waals surface area contributed by atoms with E-state index in [0.29, 0.717) is 5.41 Å². The van der Waals surface area contributed by atoms with Crippen molar-refractivity contribution in [1.29, 1.82) is 0 Å². The van der Waals surface area contributed by atoms with Gasteiger partial charge in [0.25, 0.3) is 0 Å². The van der Waals surface area contributed by atoms with Gasteiger partial charge in [-0.15, -0.1) is 6.58 Å². The Labute approximate surface area is 91.5 Å². The average Bonchev–Trinajstić information content (AvgIpc) is 2.29. The maximum absolute atomic E-state index is 10.0. The maximum atomic E-state index is 10.0. The van der Waals surface area contributed by atoms with Crippen LogP contribution in [0.25, 0.3) is 0 Å². The number of hydrogen-bond donors (Lipinski definition) is 0. The molecular formula is C12H20O3. The molecule has 0 aromatic carbocycles. The Morgan fingerprint density at radius 1 is 1.27 bits per heavy atom. The van der Waals surface area contributed by atoms with Gasteiger partial charge < -0.3 is 4.74 Å². The Bertz CT molecular complexity index is 245. The summed E-state index contributed by atoms with van der Waals surface area (Å²) in [5.41, 5.74) is 1.70. The molecule has 1 aliphatic heterocycles. The van der Waals surface area contributed by atoms with Crippen molar-refractivity contribution in [2.75, 3.05) is 0 Å². The molecule has 86 valence electrons. The molecule has 0 aromatic heterocycles. The highest BCUT2D eigenvalue weighted by atomic mass is 16.6. The fraction of sp³-hybridized carbons (Fsp3) is 0.667. The van der Waals surface area contributed by atoms with E-state index in [4.69, 9.17) is 0 Å². The second-order valence-electron chi connectivity index (χ2n) is 5.04. The van der Waals surface area contributed by atoms with Gasteiger partial charge in [-0.1, -0.05) is 26.3 Å². The van der Waals surface area contributed by atoms with Crippen LogP contribution >= 0.6 is 0 Å². The number of esters is 2. The van der Waals surface area contributed by atoms with Gasteiger partial charge in [0.1, 0.15) is 0 Å². The Kier molecular flexibility index (Phi) is 5.26. The molecule has 0 spiro atoms. The summed E-state index contributed by atoms with van der Waals surface area (Å²) in [6.07, 6.45) is 1.66. The van der Waals surface area contributed by atoms with Gasteiger partial charge in [-0.3, -0.25) is 9.59 Å². The van der Waals surface area contributed by atoms with Crippen molar-refractivity contribution >= 4 is 11.9 Å². The quantitative estimate of drug-likeness (QED) is 0.381. The molecule has 0 aliphatic carbocycles. The molecular weight excluding hydrogens is 192 g/mol. The lowest BCUT2D eigenvalue weighted by atomic mass is 9.89. The van der Waals surface area contributed by atoms with Crippen molar-refractivity contribution < 1.29 is 14.3 Å². The minimum atomic E-state index is -0.398. The summed E-state index contributed by atoms with van der Waals surface area (Å²) < 4.78 is 4.08. The predicted octanol–water partition coefficient (Wildman–Crippen LogP) is 2.85. The number of hydrogen-bond acceptors (Lipinski definition) is 3. The van der Waals surface area contributed by atoms with Crippen LogP contribution in [0.3, 0.4) is 0 Å². The molecule has 1 heterocycles. The number of allylic oxidation sites excluding steroid dienone is 1. The molecule has 1 fully saturated rings. The normalized spacial score (nSPS) is 15.5. The monoisotopic (exact) mass is 212 g/mol. The summed E-state index contributed by atoms with van der Waals surface area (Å²) in [7, 11) is 0. The van der Waals surface area contributed by atoms with E-state index in [1.165, 1.54) is 5.57 Å². The molecule has 0 N–H and O–H groups in total. The fourth-order valence-electron chi connectivity index (χ4n) is 1.34. The summed E-state index contributed by atoms with van der Waals surface area (Å²) >= 11 is 0. The topological polar surface area (TPSA) is 43.4 Å². The minimum absolute atomic E-state index is 0.263. The van der Waals surface area contributed by atoms with Gasteiger partial charge in [0.2, 0.25) is 0 Å². The van der Waals surface area contributed by atoms with Crippen LogP contribution in [-0.2, 0) is 14.3 Å². The minimum Gasteiger partial charge on any atom is -0.393 e. The third kappa shape index (κ3) is 9.19. The SMILES string of the molecule is C=C(C)CC(C)(C)C.O=C1CCC(=O)O1. The molecule has 0 saturated carbocycles. The van der Waals surface area contributed by atoms with E-state index in [1.54, 1.807) is 0 Å². The van der Waals surface area contributed by atoms with E-state index < -0.39 is 11.9 Å². The Morgan fingerprint density at radius 2 is 1.67 bits per heavy atom. The summed E-state index contributed by atoms with van der Waals surface area (Å²) in [5.74, 6) is -0.796. The average molecular weight is 212 g/mol. The van der Waals surface area contributed by atoms with Gasteiger partial charge in [0.15, 0.2) is 0 Å². The van der Waals surface area contributed by atoms with Crippen LogP contribution in [0, 0.1) is 5.41 Å². The molecule has 0 amide bonds. The van der Waals surface area contributed by atoms with Crippen LogP contribution in [0.4, 0.5) is 0 Å². The molecule has 0 aromatic rings. The first kappa shape index (κ1) is 13.9. The first-order valence-electron chi connectivity index (χ1n) is 5.08. The van der Waals surface area contributed by atoms with E-state index >= 15 is 0 Å². The van der Waals surface area contributed by atoms with E-state index in [2.05, 4.69) is 39.0 Å². The van der Waals surface area contributed by atoms with Gasteiger partial charge >= 0.3 is 11.9 Å². The highest BCUT2D eigenvalue weighted by Crippen LogP contribution is 2.22. The van der Waals surface area contributed by atoms with Gasteiger partial charge in [-0.25, -0.2) is 0 Å². The van der Waals surface area contributed by atoms with E-state index in [0.717, 1.165) is 6.42 Å². The van der Waals surface area contributed by atoms with Crippen molar-refractivity contribution in [3.8, 4) is 0 Å². The van der Waals surface area contributed by atoms with E-state index in [-0.39, 0.29) is 12.8 Å². The summed E-state index contributed by atoms with van der Waals surface area (Å²) in [6.45, 7) is 12.6.